The van der Waals surface area contributed by atoms with Crippen molar-refractivity contribution in [2.24, 2.45) is 5.41 Å². The van der Waals surface area contributed by atoms with Gasteiger partial charge in [-0.25, -0.2) is 0 Å². The largest absolute Gasteiger partial charge is 0.126 e. The smallest absolute Gasteiger partial charge is 0.0280 e. The Balaban J connectivity index is 2.20. The quantitative estimate of drug-likeness (QED) is 0.449. The molecule has 0 aromatic carbocycles. The van der Waals surface area contributed by atoms with Crippen molar-refractivity contribution in [1.29, 1.82) is 0 Å². The van der Waals surface area contributed by atoms with Crippen LogP contribution in [0.3, 0.4) is 0 Å². The highest BCUT2D eigenvalue weighted by Crippen LogP contribution is 2.45. The second-order valence-electron chi connectivity index (χ2n) is 3.69. The highest BCUT2D eigenvalue weighted by molar-refractivity contribution is 6.18. The van der Waals surface area contributed by atoms with Crippen LogP contribution in [0.4, 0.5) is 0 Å². The molecule has 1 aliphatic rings. The summed E-state index contributed by atoms with van der Waals surface area (Å²) in [5.41, 5.74) is 0.493. The average molecular weight is 185 g/mol. The molecule has 1 fully saturated rings. The van der Waals surface area contributed by atoms with Crippen LogP contribution in [-0.2, 0) is 0 Å². The van der Waals surface area contributed by atoms with Crippen molar-refractivity contribution < 1.29 is 0 Å². The van der Waals surface area contributed by atoms with Gasteiger partial charge >= 0.3 is 0 Å². The van der Waals surface area contributed by atoms with Gasteiger partial charge in [-0.2, -0.15) is 0 Å². The van der Waals surface area contributed by atoms with Gasteiger partial charge in [-0.15, -0.1) is 11.6 Å². The van der Waals surface area contributed by atoms with E-state index in [9.17, 15) is 0 Å². The number of hydrogen-bond acceptors (Lipinski definition) is 0. The Hall–Kier alpha value is -0.230. The van der Waals surface area contributed by atoms with Crippen LogP contribution >= 0.6 is 11.6 Å². The van der Waals surface area contributed by atoms with Crippen LogP contribution in [0.5, 0.6) is 0 Å². The van der Waals surface area contributed by atoms with Crippen LogP contribution in [-0.4, -0.2) is 5.88 Å². The molecule has 0 amide bonds. The van der Waals surface area contributed by atoms with Crippen molar-refractivity contribution in [2.75, 3.05) is 5.88 Å². The lowest BCUT2D eigenvalue weighted by molar-refractivity contribution is 0.153. The fraction of sp³-hybridized carbons (Fsp3) is 0.636. The summed E-state index contributed by atoms with van der Waals surface area (Å²) in [5, 5.41) is 0. The van der Waals surface area contributed by atoms with Gasteiger partial charge in [-0.05, 0) is 31.1 Å². The summed E-state index contributed by atoms with van der Waals surface area (Å²) < 4.78 is 0. The minimum atomic E-state index is 0.493. The summed E-state index contributed by atoms with van der Waals surface area (Å²) in [6, 6.07) is 0. The van der Waals surface area contributed by atoms with Crippen molar-refractivity contribution in [3.8, 4) is 0 Å². The average Bonchev–Trinajstić information content (AvgIpc) is 2.02. The van der Waals surface area contributed by atoms with E-state index in [2.05, 4.69) is 12.7 Å². The first-order valence-electron chi connectivity index (χ1n) is 4.66. The Labute approximate surface area is 80.3 Å². The van der Waals surface area contributed by atoms with Crippen molar-refractivity contribution >= 4 is 11.6 Å². The Morgan fingerprint density at radius 3 is 2.58 bits per heavy atom. The van der Waals surface area contributed by atoms with E-state index in [4.69, 9.17) is 11.6 Å². The summed E-state index contributed by atoms with van der Waals surface area (Å²) >= 11 is 5.93. The summed E-state index contributed by atoms with van der Waals surface area (Å²) in [5.74, 6) is 0.842. The molecule has 0 saturated heterocycles. The summed E-state index contributed by atoms with van der Waals surface area (Å²) in [4.78, 5) is 0. The van der Waals surface area contributed by atoms with Crippen molar-refractivity contribution in [3.63, 3.8) is 0 Å². The maximum absolute atomic E-state index is 5.93. The molecule has 0 aliphatic heterocycles. The van der Waals surface area contributed by atoms with Gasteiger partial charge in [0.1, 0.15) is 0 Å². The molecule has 0 aromatic rings. The van der Waals surface area contributed by atoms with Gasteiger partial charge in [0.2, 0.25) is 0 Å². The van der Waals surface area contributed by atoms with E-state index < -0.39 is 0 Å². The van der Waals surface area contributed by atoms with Crippen LogP contribution in [0, 0.1) is 5.41 Å². The molecule has 0 aromatic heterocycles. The molecule has 0 atom stereocenters. The molecule has 0 bridgehead atoms. The first-order chi connectivity index (χ1) is 5.83. The van der Waals surface area contributed by atoms with Gasteiger partial charge in [-0.1, -0.05) is 31.2 Å². The Kier molecular flexibility index (Phi) is 3.87. The number of allylic oxidation sites excluding steroid dienone is 3. The van der Waals surface area contributed by atoms with E-state index in [0.29, 0.717) is 5.41 Å². The van der Waals surface area contributed by atoms with Gasteiger partial charge in [0.15, 0.2) is 0 Å². The summed E-state index contributed by atoms with van der Waals surface area (Å²) in [6.45, 7) is 3.64. The highest BCUT2D eigenvalue weighted by atomic mass is 35.5. The lowest BCUT2D eigenvalue weighted by atomic mass is 9.67. The van der Waals surface area contributed by atoms with Crippen LogP contribution in [0.2, 0.25) is 0 Å². The van der Waals surface area contributed by atoms with E-state index in [1.54, 1.807) is 0 Å². The molecule has 0 unspecified atom stereocenters. The minimum absolute atomic E-state index is 0.493. The second-order valence-corrected chi connectivity index (χ2v) is 3.96. The number of hydrogen-bond donors (Lipinski definition) is 0. The van der Waals surface area contributed by atoms with Crippen molar-refractivity contribution in [1.82, 2.24) is 0 Å². The van der Waals surface area contributed by atoms with Crippen LogP contribution in [0.1, 0.15) is 32.1 Å². The minimum Gasteiger partial charge on any atom is -0.126 e. The zero-order valence-electron chi connectivity index (χ0n) is 7.56. The standard InChI is InChI=1S/C11H17Cl/c1-2-3-4-5-7-11(10-12)8-6-9-11/h2-4H,1,5-10H2/b4-3+. The summed E-state index contributed by atoms with van der Waals surface area (Å²) in [6.07, 6.45) is 12.5. The van der Waals surface area contributed by atoms with Gasteiger partial charge in [0.05, 0.1) is 0 Å². The Bertz CT molecular complexity index is 160. The zero-order valence-corrected chi connectivity index (χ0v) is 8.32. The van der Waals surface area contributed by atoms with Crippen LogP contribution in [0.15, 0.2) is 24.8 Å². The molecule has 0 radical (unpaired) electrons. The first kappa shape index (κ1) is 9.85. The third kappa shape index (κ3) is 2.38. The lowest BCUT2D eigenvalue weighted by Gasteiger charge is -2.40. The van der Waals surface area contributed by atoms with Gasteiger partial charge in [0, 0.05) is 5.88 Å². The van der Waals surface area contributed by atoms with E-state index >= 15 is 0 Å². The van der Waals surface area contributed by atoms with E-state index in [1.165, 1.54) is 25.7 Å². The predicted octanol–water partition coefficient (Wildman–Crippen LogP) is 3.92. The molecule has 0 spiro atoms. The maximum Gasteiger partial charge on any atom is 0.0280 e. The molecular weight excluding hydrogens is 168 g/mol. The molecule has 1 heteroatoms. The van der Waals surface area contributed by atoms with Crippen molar-refractivity contribution in [2.45, 2.75) is 32.1 Å². The SMILES string of the molecule is C=C/C=C/CCC1(CCl)CCC1. The topological polar surface area (TPSA) is 0 Å². The lowest BCUT2D eigenvalue weighted by Crippen LogP contribution is -2.30. The maximum atomic E-state index is 5.93. The normalized spacial score (nSPS) is 20.8. The molecular formula is C11H17Cl. The molecule has 0 N–H and O–H groups in total. The third-order valence-electron chi connectivity index (χ3n) is 2.81. The zero-order chi connectivity index (χ0) is 8.86. The fourth-order valence-electron chi connectivity index (χ4n) is 1.71. The predicted molar refractivity (Wildman–Crippen MR) is 55.6 cm³/mol. The molecule has 12 heavy (non-hydrogen) atoms. The molecule has 1 saturated carbocycles. The molecule has 0 nitrogen and oxygen atoms in total. The molecule has 1 aliphatic carbocycles. The molecule has 68 valence electrons. The number of rotatable bonds is 5. The number of alkyl halides is 1. The number of halogens is 1. The third-order valence-corrected chi connectivity index (χ3v) is 3.38. The summed E-state index contributed by atoms with van der Waals surface area (Å²) in [7, 11) is 0. The van der Waals surface area contributed by atoms with Crippen LogP contribution < -0.4 is 0 Å². The molecule has 1 rings (SSSR count). The van der Waals surface area contributed by atoms with E-state index in [-0.39, 0.29) is 0 Å². The van der Waals surface area contributed by atoms with E-state index in [1.807, 2.05) is 12.2 Å². The van der Waals surface area contributed by atoms with Gasteiger partial charge < -0.3 is 0 Å². The Morgan fingerprint density at radius 2 is 2.17 bits per heavy atom. The van der Waals surface area contributed by atoms with Crippen molar-refractivity contribution in [3.05, 3.63) is 24.8 Å². The van der Waals surface area contributed by atoms with Gasteiger partial charge in [0.25, 0.3) is 0 Å². The fourth-order valence-corrected chi connectivity index (χ4v) is 2.11. The van der Waals surface area contributed by atoms with E-state index in [0.717, 1.165) is 12.3 Å². The second kappa shape index (κ2) is 4.71. The highest BCUT2D eigenvalue weighted by Gasteiger charge is 2.34. The van der Waals surface area contributed by atoms with Gasteiger partial charge in [-0.3, -0.25) is 0 Å². The monoisotopic (exact) mass is 184 g/mol. The van der Waals surface area contributed by atoms with Crippen LogP contribution in [0.25, 0.3) is 0 Å². The molecule has 0 heterocycles. The Morgan fingerprint density at radius 1 is 1.42 bits per heavy atom. The first-order valence-corrected chi connectivity index (χ1v) is 5.20.